The zero-order valence-electron chi connectivity index (χ0n) is 17.5. The fourth-order valence-corrected chi connectivity index (χ4v) is 4.61. The number of nitriles is 1. The Labute approximate surface area is 187 Å². The van der Waals surface area contributed by atoms with Crippen LogP contribution in [0.2, 0.25) is 0 Å². The molecule has 166 valence electrons. The summed E-state index contributed by atoms with van der Waals surface area (Å²) >= 11 is 0. The van der Waals surface area contributed by atoms with E-state index >= 15 is 0 Å². The Bertz CT molecular complexity index is 1380. The molecule has 1 spiro atoms. The van der Waals surface area contributed by atoms with Crippen LogP contribution in [0.5, 0.6) is 5.88 Å². The van der Waals surface area contributed by atoms with Gasteiger partial charge < -0.3 is 30.3 Å². The van der Waals surface area contributed by atoms with Crippen molar-refractivity contribution in [3.8, 4) is 11.9 Å². The lowest BCUT2D eigenvalue weighted by molar-refractivity contribution is -0.119. The van der Waals surface area contributed by atoms with Gasteiger partial charge in [0.05, 0.1) is 25.7 Å². The van der Waals surface area contributed by atoms with E-state index in [1.807, 2.05) is 4.90 Å². The number of morpholine rings is 1. The number of hydrogen-bond donors (Lipinski definition) is 3. The number of nitrogens with zero attached hydrogens (tertiary/aromatic N) is 4. The standard InChI is InChI=1S/C22H18FN7O3/c1-32-16-9-12-13(10-24)20(30-4-6-33-7-5-30)27-19-17(12)18(26-16)28-22(29-19)14-8-11(23)2-3-15(14)25-21(22)31/h2-3,8-9H,4-7H2,1H3,(H,25,31)(H,26,28)(H,27,29)/t22-/m1/s1. The molecule has 11 heteroatoms. The van der Waals surface area contributed by atoms with Crippen molar-refractivity contribution in [3.05, 3.63) is 41.2 Å². The number of rotatable bonds is 2. The molecule has 3 aliphatic heterocycles. The van der Waals surface area contributed by atoms with Gasteiger partial charge in [0.1, 0.15) is 34.9 Å². The number of nitrogens with one attached hydrogen (secondary N) is 3. The van der Waals surface area contributed by atoms with E-state index in [9.17, 15) is 14.4 Å². The van der Waals surface area contributed by atoms with Crippen molar-refractivity contribution < 1.29 is 18.7 Å². The van der Waals surface area contributed by atoms with Crippen LogP contribution in [-0.2, 0) is 15.2 Å². The minimum atomic E-state index is -1.53. The third-order valence-corrected chi connectivity index (χ3v) is 6.16. The second-order valence-corrected chi connectivity index (χ2v) is 7.95. The lowest BCUT2D eigenvalue weighted by atomic mass is 9.96. The fourth-order valence-electron chi connectivity index (χ4n) is 4.61. The Morgan fingerprint density at radius 2 is 1.97 bits per heavy atom. The summed E-state index contributed by atoms with van der Waals surface area (Å²) in [5.41, 5.74) is -0.291. The molecule has 1 amide bonds. The molecule has 1 fully saturated rings. The molecule has 3 aromatic rings. The molecule has 3 N–H and O–H groups in total. The predicted octanol–water partition coefficient (Wildman–Crippen LogP) is 2.13. The number of carbonyl (C=O) groups is 1. The Hall–Kier alpha value is -4.17. The Morgan fingerprint density at radius 3 is 2.70 bits per heavy atom. The maximum atomic E-state index is 14.2. The third-order valence-electron chi connectivity index (χ3n) is 6.16. The molecule has 1 saturated heterocycles. The molecule has 1 aromatic carbocycles. The first kappa shape index (κ1) is 19.5. The normalized spacial score (nSPS) is 20.6. The van der Waals surface area contributed by atoms with E-state index in [0.29, 0.717) is 71.3 Å². The van der Waals surface area contributed by atoms with E-state index in [-0.39, 0.29) is 5.88 Å². The van der Waals surface area contributed by atoms with E-state index in [1.54, 1.807) is 6.07 Å². The third kappa shape index (κ3) is 2.71. The number of hydrogen-bond acceptors (Lipinski definition) is 9. The smallest absolute Gasteiger partial charge is 0.275 e. The first-order valence-electron chi connectivity index (χ1n) is 10.4. The molecule has 1 atom stereocenters. The van der Waals surface area contributed by atoms with Gasteiger partial charge in [0, 0.05) is 35.8 Å². The number of pyridine rings is 2. The molecule has 3 aliphatic rings. The van der Waals surface area contributed by atoms with Gasteiger partial charge in [0.15, 0.2) is 0 Å². The second kappa shape index (κ2) is 6.91. The fraction of sp³-hybridized carbons (Fsp3) is 0.273. The van der Waals surface area contributed by atoms with Gasteiger partial charge in [-0.15, -0.1) is 0 Å². The van der Waals surface area contributed by atoms with Crippen molar-refractivity contribution in [2.45, 2.75) is 5.66 Å². The lowest BCUT2D eigenvalue weighted by Crippen LogP contribution is -2.51. The molecule has 0 radical (unpaired) electrons. The predicted molar refractivity (Wildman–Crippen MR) is 118 cm³/mol. The molecule has 0 bridgehead atoms. The number of carbonyl (C=O) groups excluding carboxylic acids is 1. The zero-order valence-corrected chi connectivity index (χ0v) is 17.5. The largest absolute Gasteiger partial charge is 0.481 e. The number of amides is 1. The first-order valence-corrected chi connectivity index (χ1v) is 10.4. The maximum Gasteiger partial charge on any atom is 0.275 e. The molecule has 2 aromatic heterocycles. The average Bonchev–Trinajstić information content (AvgIpc) is 3.09. The number of benzene rings is 1. The van der Waals surface area contributed by atoms with E-state index in [4.69, 9.17) is 14.5 Å². The van der Waals surface area contributed by atoms with E-state index in [2.05, 4.69) is 27.0 Å². The van der Waals surface area contributed by atoms with Crippen LogP contribution < -0.4 is 25.6 Å². The summed E-state index contributed by atoms with van der Waals surface area (Å²) < 4.78 is 25.0. The van der Waals surface area contributed by atoms with Crippen LogP contribution in [0.1, 0.15) is 11.1 Å². The Balaban J connectivity index is 1.62. The summed E-state index contributed by atoms with van der Waals surface area (Å²) in [6.45, 7) is 2.16. The lowest BCUT2D eigenvalue weighted by Gasteiger charge is -2.37. The van der Waals surface area contributed by atoms with Gasteiger partial charge in [0.25, 0.3) is 5.91 Å². The highest BCUT2D eigenvalue weighted by molar-refractivity contribution is 6.15. The second-order valence-electron chi connectivity index (χ2n) is 7.95. The topological polar surface area (TPSA) is 124 Å². The van der Waals surface area contributed by atoms with Gasteiger partial charge in [-0.1, -0.05) is 0 Å². The minimum Gasteiger partial charge on any atom is -0.481 e. The molecule has 5 heterocycles. The first-order chi connectivity index (χ1) is 16.0. The van der Waals surface area contributed by atoms with Crippen LogP contribution in [0.25, 0.3) is 10.8 Å². The highest BCUT2D eigenvalue weighted by Gasteiger charge is 2.51. The van der Waals surface area contributed by atoms with Crippen LogP contribution in [0.4, 0.5) is 27.5 Å². The number of ether oxygens (including phenoxy) is 2. The summed E-state index contributed by atoms with van der Waals surface area (Å²) in [5, 5.41) is 20.3. The molecule has 10 nitrogen and oxygen atoms in total. The quantitative estimate of drug-likeness (QED) is 0.542. The van der Waals surface area contributed by atoms with Gasteiger partial charge in [-0.2, -0.15) is 10.2 Å². The van der Waals surface area contributed by atoms with E-state index in [1.165, 1.54) is 25.3 Å². The van der Waals surface area contributed by atoms with Crippen molar-refractivity contribution in [1.82, 2.24) is 9.97 Å². The van der Waals surface area contributed by atoms with Crippen molar-refractivity contribution in [3.63, 3.8) is 0 Å². The summed E-state index contributed by atoms with van der Waals surface area (Å²) in [7, 11) is 1.47. The number of methoxy groups -OCH3 is 1. The van der Waals surface area contributed by atoms with E-state index in [0.717, 1.165) is 0 Å². The highest BCUT2D eigenvalue weighted by Crippen LogP contribution is 2.47. The molecular weight excluding hydrogens is 429 g/mol. The van der Waals surface area contributed by atoms with Crippen molar-refractivity contribution in [1.29, 1.82) is 5.26 Å². The minimum absolute atomic E-state index is 0.265. The van der Waals surface area contributed by atoms with Crippen molar-refractivity contribution in [2.75, 3.05) is 54.3 Å². The summed E-state index contributed by atoms with van der Waals surface area (Å²) in [6.07, 6.45) is 0. The van der Waals surface area contributed by atoms with Crippen LogP contribution in [0, 0.1) is 17.1 Å². The molecule has 0 unspecified atom stereocenters. The van der Waals surface area contributed by atoms with Gasteiger partial charge >= 0.3 is 0 Å². The Kier molecular flexibility index (Phi) is 4.09. The van der Waals surface area contributed by atoms with Gasteiger partial charge in [0.2, 0.25) is 11.5 Å². The molecular formula is C22H18FN7O3. The highest BCUT2D eigenvalue weighted by atomic mass is 19.1. The number of fused-ring (bicyclic) bond motifs is 2. The van der Waals surface area contributed by atoms with Gasteiger partial charge in [-0.3, -0.25) is 4.79 Å². The van der Waals surface area contributed by atoms with Gasteiger partial charge in [-0.25, -0.2) is 9.37 Å². The molecule has 0 saturated carbocycles. The maximum absolute atomic E-state index is 14.2. The summed E-state index contributed by atoms with van der Waals surface area (Å²) in [5.74, 6) is 0.506. The Morgan fingerprint density at radius 1 is 1.21 bits per heavy atom. The zero-order chi connectivity index (χ0) is 22.7. The summed E-state index contributed by atoms with van der Waals surface area (Å²) in [6, 6.07) is 8.03. The van der Waals surface area contributed by atoms with Crippen LogP contribution in [-0.4, -0.2) is 49.3 Å². The number of anilines is 4. The SMILES string of the molecule is COc1cc2c(C#N)c(N3CCOCC3)nc3c2c(n1)N[C@]1(N3)C(=O)Nc2ccc(F)cc21. The number of halogens is 1. The van der Waals surface area contributed by atoms with Crippen LogP contribution >= 0.6 is 0 Å². The van der Waals surface area contributed by atoms with Gasteiger partial charge in [-0.05, 0) is 18.2 Å². The van der Waals surface area contributed by atoms with E-state index < -0.39 is 17.4 Å². The average molecular weight is 447 g/mol. The molecule has 0 aliphatic carbocycles. The van der Waals surface area contributed by atoms with Crippen LogP contribution in [0.3, 0.4) is 0 Å². The number of aromatic nitrogens is 2. The van der Waals surface area contributed by atoms with Crippen molar-refractivity contribution >= 4 is 39.8 Å². The van der Waals surface area contributed by atoms with Crippen molar-refractivity contribution in [2.24, 2.45) is 0 Å². The monoisotopic (exact) mass is 447 g/mol. The molecule has 33 heavy (non-hydrogen) atoms. The summed E-state index contributed by atoms with van der Waals surface area (Å²) in [4.78, 5) is 24.4. The van der Waals surface area contributed by atoms with Crippen LogP contribution in [0.15, 0.2) is 24.3 Å². The molecule has 6 rings (SSSR count).